The van der Waals surface area contributed by atoms with E-state index in [9.17, 15) is 18.8 Å². The minimum atomic E-state index is -1.23. The molecule has 1 saturated heterocycles. The highest BCUT2D eigenvalue weighted by Gasteiger charge is 2.36. The number of hydrogen-bond acceptors (Lipinski definition) is 3. The Morgan fingerprint density at radius 1 is 1.45 bits per heavy atom. The molecule has 1 heterocycles. The lowest BCUT2D eigenvalue weighted by Crippen LogP contribution is -2.59. The number of nitrogens with one attached hydrogen (secondary N) is 1. The number of rotatable bonds is 2. The zero-order valence-electron chi connectivity index (χ0n) is 10.1. The van der Waals surface area contributed by atoms with E-state index in [1.165, 1.54) is 18.2 Å². The van der Waals surface area contributed by atoms with Crippen molar-refractivity contribution in [3.63, 3.8) is 0 Å². The summed E-state index contributed by atoms with van der Waals surface area (Å²) in [7, 11) is 0. The van der Waals surface area contributed by atoms with Crippen molar-refractivity contribution in [1.82, 2.24) is 10.2 Å². The van der Waals surface area contributed by atoms with E-state index in [2.05, 4.69) is 21.2 Å². The van der Waals surface area contributed by atoms with Crippen LogP contribution in [0.1, 0.15) is 10.4 Å². The van der Waals surface area contributed by atoms with Crippen molar-refractivity contribution in [2.24, 2.45) is 0 Å². The van der Waals surface area contributed by atoms with E-state index in [0.29, 0.717) is 0 Å². The molecule has 20 heavy (non-hydrogen) atoms. The lowest BCUT2D eigenvalue weighted by atomic mass is 10.1. The van der Waals surface area contributed by atoms with Gasteiger partial charge in [-0.2, -0.15) is 0 Å². The topological polar surface area (TPSA) is 86.7 Å². The van der Waals surface area contributed by atoms with E-state index in [0.717, 1.165) is 4.90 Å². The average molecular weight is 345 g/mol. The third kappa shape index (κ3) is 2.64. The minimum Gasteiger partial charge on any atom is -0.480 e. The molecule has 0 aromatic heterocycles. The number of benzene rings is 1. The van der Waals surface area contributed by atoms with Gasteiger partial charge in [0.1, 0.15) is 18.4 Å². The maximum absolute atomic E-state index is 13.4. The zero-order chi connectivity index (χ0) is 14.9. The van der Waals surface area contributed by atoms with Crippen LogP contribution in [0.2, 0.25) is 0 Å². The molecule has 2 rings (SSSR count). The van der Waals surface area contributed by atoms with Crippen LogP contribution in [0.25, 0.3) is 0 Å². The molecule has 1 aromatic rings. The zero-order valence-corrected chi connectivity index (χ0v) is 11.7. The molecule has 0 aliphatic carbocycles. The molecule has 0 saturated carbocycles. The number of amides is 2. The maximum Gasteiger partial charge on any atom is 0.328 e. The molecular formula is C12H10BrFN2O4. The molecule has 8 heteroatoms. The summed E-state index contributed by atoms with van der Waals surface area (Å²) in [5, 5.41) is 11.5. The molecule has 0 spiro atoms. The number of carboxylic acids is 1. The Labute approximate surface area is 121 Å². The van der Waals surface area contributed by atoms with E-state index >= 15 is 0 Å². The lowest BCUT2D eigenvalue weighted by molar-refractivity contribution is -0.144. The number of carboxylic acid groups (broad SMARTS) is 1. The molecule has 1 fully saturated rings. The Hall–Kier alpha value is -1.96. The van der Waals surface area contributed by atoms with Gasteiger partial charge in [0.15, 0.2) is 0 Å². The van der Waals surface area contributed by atoms with Crippen molar-refractivity contribution in [2.45, 2.75) is 6.04 Å². The third-order valence-electron chi connectivity index (χ3n) is 2.91. The van der Waals surface area contributed by atoms with Crippen LogP contribution in [-0.2, 0) is 9.59 Å². The van der Waals surface area contributed by atoms with Gasteiger partial charge in [0.2, 0.25) is 5.91 Å². The number of carbonyl (C=O) groups is 3. The fourth-order valence-electron chi connectivity index (χ4n) is 1.90. The van der Waals surface area contributed by atoms with Crippen LogP contribution < -0.4 is 5.32 Å². The van der Waals surface area contributed by atoms with Crippen LogP contribution in [0.3, 0.4) is 0 Å². The van der Waals surface area contributed by atoms with Gasteiger partial charge in [0, 0.05) is 6.54 Å². The predicted octanol–water partition coefficient (Wildman–Crippen LogP) is 0.613. The Balaban J connectivity index is 2.36. The second-order valence-electron chi connectivity index (χ2n) is 4.19. The summed E-state index contributed by atoms with van der Waals surface area (Å²) in [5.41, 5.74) is -0.0223. The number of aliphatic carboxylic acids is 1. The smallest absolute Gasteiger partial charge is 0.328 e. The van der Waals surface area contributed by atoms with Crippen molar-refractivity contribution in [2.75, 3.05) is 13.1 Å². The summed E-state index contributed by atoms with van der Waals surface area (Å²) >= 11 is 2.95. The first-order valence-corrected chi connectivity index (χ1v) is 6.45. The molecule has 1 aliphatic rings. The van der Waals surface area contributed by atoms with Gasteiger partial charge in [-0.25, -0.2) is 9.18 Å². The van der Waals surface area contributed by atoms with Crippen LogP contribution >= 0.6 is 15.9 Å². The van der Waals surface area contributed by atoms with E-state index in [-0.39, 0.29) is 23.1 Å². The van der Waals surface area contributed by atoms with Gasteiger partial charge < -0.3 is 15.3 Å². The largest absolute Gasteiger partial charge is 0.480 e. The first-order valence-electron chi connectivity index (χ1n) is 5.66. The highest BCUT2D eigenvalue weighted by molar-refractivity contribution is 9.10. The van der Waals surface area contributed by atoms with Crippen molar-refractivity contribution >= 4 is 33.7 Å². The molecule has 2 amide bonds. The summed E-state index contributed by atoms with van der Waals surface area (Å²) in [5.74, 6) is -3.03. The Kier molecular flexibility index (Phi) is 4.03. The molecule has 1 aromatic carbocycles. The van der Waals surface area contributed by atoms with Gasteiger partial charge >= 0.3 is 5.97 Å². The van der Waals surface area contributed by atoms with Gasteiger partial charge in [0.25, 0.3) is 5.91 Å². The summed E-state index contributed by atoms with van der Waals surface area (Å²) in [4.78, 5) is 35.7. The molecule has 1 atom stereocenters. The van der Waals surface area contributed by atoms with Crippen LogP contribution in [0, 0.1) is 5.82 Å². The van der Waals surface area contributed by atoms with Crippen LogP contribution in [0.15, 0.2) is 22.7 Å². The molecule has 1 aliphatic heterocycles. The highest BCUT2D eigenvalue weighted by atomic mass is 79.9. The Morgan fingerprint density at radius 2 is 2.15 bits per heavy atom. The van der Waals surface area contributed by atoms with Crippen molar-refractivity contribution in [1.29, 1.82) is 0 Å². The van der Waals surface area contributed by atoms with Crippen LogP contribution in [-0.4, -0.2) is 46.9 Å². The molecule has 1 unspecified atom stereocenters. The average Bonchev–Trinajstić information content (AvgIpc) is 2.40. The van der Waals surface area contributed by atoms with Crippen molar-refractivity contribution in [3.8, 4) is 0 Å². The van der Waals surface area contributed by atoms with Crippen LogP contribution in [0.5, 0.6) is 0 Å². The van der Waals surface area contributed by atoms with Gasteiger partial charge in [-0.15, -0.1) is 0 Å². The van der Waals surface area contributed by atoms with Crippen LogP contribution in [0.4, 0.5) is 4.39 Å². The fourth-order valence-corrected chi connectivity index (χ4v) is 2.33. The number of nitrogens with zero attached hydrogens (tertiary/aromatic N) is 1. The Bertz CT molecular complexity index is 593. The second kappa shape index (κ2) is 5.58. The minimum absolute atomic E-state index is 0.0223. The summed E-state index contributed by atoms with van der Waals surface area (Å²) in [6, 6.07) is 2.70. The van der Waals surface area contributed by atoms with Gasteiger partial charge in [0.05, 0.1) is 10.0 Å². The SMILES string of the molecule is O=C1CN(C(=O)c2cccc(F)c2Br)C(C(=O)O)CN1. The summed E-state index contributed by atoms with van der Waals surface area (Å²) in [6.07, 6.45) is 0. The summed E-state index contributed by atoms with van der Waals surface area (Å²) < 4.78 is 13.4. The summed E-state index contributed by atoms with van der Waals surface area (Å²) in [6.45, 7) is -0.550. The monoisotopic (exact) mass is 344 g/mol. The number of hydrogen-bond donors (Lipinski definition) is 2. The first-order chi connectivity index (χ1) is 9.41. The van der Waals surface area contributed by atoms with E-state index in [4.69, 9.17) is 5.11 Å². The predicted molar refractivity (Wildman–Crippen MR) is 69.6 cm³/mol. The molecule has 2 N–H and O–H groups in total. The number of carbonyl (C=O) groups excluding carboxylic acids is 2. The maximum atomic E-state index is 13.4. The van der Waals surface area contributed by atoms with E-state index in [1.807, 2.05) is 0 Å². The van der Waals surface area contributed by atoms with Gasteiger partial charge in [-0.3, -0.25) is 9.59 Å². The van der Waals surface area contributed by atoms with E-state index in [1.54, 1.807) is 0 Å². The Morgan fingerprint density at radius 3 is 2.80 bits per heavy atom. The van der Waals surface area contributed by atoms with E-state index < -0.39 is 29.6 Å². The number of halogens is 2. The molecule has 6 nitrogen and oxygen atoms in total. The molecular weight excluding hydrogens is 335 g/mol. The highest BCUT2D eigenvalue weighted by Crippen LogP contribution is 2.23. The quantitative estimate of drug-likeness (QED) is 0.823. The van der Waals surface area contributed by atoms with Crippen molar-refractivity contribution in [3.05, 3.63) is 34.1 Å². The normalized spacial score (nSPS) is 18.6. The third-order valence-corrected chi connectivity index (χ3v) is 3.72. The molecule has 106 valence electrons. The fraction of sp³-hybridized carbons (Fsp3) is 0.250. The van der Waals surface area contributed by atoms with Crippen molar-refractivity contribution < 1.29 is 23.9 Å². The van der Waals surface area contributed by atoms with Gasteiger partial charge in [-0.05, 0) is 28.1 Å². The second-order valence-corrected chi connectivity index (χ2v) is 4.99. The standard InChI is InChI=1S/C12H10BrFN2O4/c13-10-6(2-1-3-7(10)14)11(18)16-5-9(17)15-4-8(16)12(19)20/h1-3,8H,4-5H2,(H,15,17)(H,19,20). The number of piperazine rings is 1. The first kappa shape index (κ1) is 14.4. The lowest BCUT2D eigenvalue weighted by Gasteiger charge is -2.32. The molecule has 0 radical (unpaired) electrons. The molecule has 0 bridgehead atoms. The van der Waals surface area contributed by atoms with Gasteiger partial charge in [-0.1, -0.05) is 6.07 Å².